The summed E-state index contributed by atoms with van der Waals surface area (Å²) in [5.74, 6) is 1.20. The van der Waals surface area contributed by atoms with Crippen LogP contribution in [0.4, 0.5) is 21.7 Å². The number of nitrogens with zero attached hydrogens (tertiary/aromatic N) is 5. The van der Waals surface area contributed by atoms with Gasteiger partial charge in [-0.2, -0.15) is 4.98 Å². The Labute approximate surface area is 211 Å². The molecule has 3 fully saturated rings. The zero-order chi connectivity index (χ0) is 24.6. The minimum Gasteiger partial charge on any atom is -0.491 e. The lowest BCUT2D eigenvalue weighted by Gasteiger charge is -2.43. The maximum Gasteiger partial charge on any atom is 0.246 e. The van der Waals surface area contributed by atoms with E-state index in [-0.39, 0.29) is 11.9 Å². The largest absolute Gasteiger partial charge is 0.491 e. The molecule has 190 valence electrons. The standard InChI is InChI=1S/C27H33FN6O2/c1-18(2)36-26-12-21(28)11-24(14-26)34-17-29-27(31-34)30-22-9-20(19-3-4-19)10-23(13-22)32-5-7-33(8-6-32)25-15-35-16-25/h9-14,17-19,25H,3-8,15-16H2,1-2H3,(H,30,31). The van der Waals surface area contributed by atoms with Gasteiger partial charge in [0.15, 0.2) is 0 Å². The average Bonchev–Trinajstić information content (AvgIpc) is 3.56. The van der Waals surface area contributed by atoms with E-state index in [4.69, 9.17) is 9.47 Å². The number of ether oxygens (including phenoxy) is 2. The van der Waals surface area contributed by atoms with E-state index in [1.807, 2.05) is 13.8 Å². The summed E-state index contributed by atoms with van der Waals surface area (Å²) >= 11 is 0. The minimum absolute atomic E-state index is 0.0456. The van der Waals surface area contributed by atoms with E-state index in [9.17, 15) is 4.39 Å². The predicted octanol–water partition coefficient (Wildman–Crippen LogP) is 4.34. The Kier molecular flexibility index (Phi) is 6.27. The fraction of sp³-hybridized carbons (Fsp3) is 0.481. The van der Waals surface area contributed by atoms with Crippen molar-refractivity contribution in [2.45, 2.75) is 44.8 Å². The molecule has 3 aromatic rings. The van der Waals surface area contributed by atoms with Gasteiger partial charge < -0.3 is 19.7 Å². The Morgan fingerprint density at radius 2 is 1.81 bits per heavy atom. The quantitative estimate of drug-likeness (QED) is 0.502. The Balaban J connectivity index is 1.19. The van der Waals surface area contributed by atoms with Crippen LogP contribution in [0.15, 0.2) is 42.7 Å². The van der Waals surface area contributed by atoms with Crippen LogP contribution in [-0.4, -0.2) is 71.2 Å². The molecule has 0 amide bonds. The number of nitrogens with one attached hydrogen (secondary N) is 1. The molecule has 6 rings (SSSR count). The van der Waals surface area contributed by atoms with Crippen LogP contribution in [0, 0.1) is 5.82 Å². The molecule has 1 N–H and O–H groups in total. The molecule has 2 aliphatic heterocycles. The van der Waals surface area contributed by atoms with Crippen molar-refractivity contribution in [3.8, 4) is 11.4 Å². The van der Waals surface area contributed by atoms with Gasteiger partial charge in [0.05, 0.1) is 31.0 Å². The predicted molar refractivity (Wildman–Crippen MR) is 137 cm³/mol. The van der Waals surface area contributed by atoms with Crippen molar-refractivity contribution in [2.75, 3.05) is 49.6 Å². The number of piperazine rings is 1. The van der Waals surface area contributed by atoms with Gasteiger partial charge in [-0.1, -0.05) is 0 Å². The minimum atomic E-state index is -0.375. The number of anilines is 3. The molecule has 3 heterocycles. The molecule has 36 heavy (non-hydrogen) atoms. The summed E-state index contributed by atoms with van der Waals surface area (Å²) in [5.41, 5.74) is 4.15. The van der Waals surface area contributed by atoms with E-state index in [0.717, 1.165) is 45.1 Å². The van der Waals surface area contributed by atoms with Crippen LogP contribution in [-0.2, 0) is 4.74 Å². The number of hydrogen-bond acceptors (Lipinski definition) is 7. The van der Waals surface area contributed by atoms with Gasteiger partial charge in [0.25, 0.3) is 0 Å². The lowest BCUT2D eigenvalue weighted by Crippen LogP contribution is -2.56. The highest BCUT2D eigenvalue weighted by atomic mass is 19.1. The summed E-state index contributed by atoms with van der Waals surface area (Å²) in [6, 6.07) is 11.9. The van der Waals surface area contributed by atoms with Crippen molar-refractivity contribution >= 4 is 17.3 Å². The van der Waals surface area contributed by atoms with Gasteiger partial charge in [-0.05, 0) is 62.4 Å². The zero-order valence-electron chi connectivity index (χ0n) is 20.9. The summed E-state index contributed by atoms with van der Waals surface area (Å²) < 4.78 is 26.8. The Bertz CT molecular complexity index is 1210. The van der Waals surface area contributed by atoms with Crippen LogP contribution in [0.2, 0.25) is 0 Å². The first kappa shape index (κ1) is 23.2. The molecular weight excluding hydrogens is 459 g/mol. The summed E-state index contributed by atoms with van der Waals surface area (Å²) in [6.45, 7) is 9.71. The molecule has 2 aromatic carbocycles. The van der Waals surface area contributed by atoms with Crippen molar-refractivity contribution in [1.82, 2.24) is 19.7 Å². The summed E-state index contributed by atoms with van der Waals surface area (Å²) in [4.78, 5) is 9.45. The molecule has 2 saturated heterocycles. The Morgan fingerprint density at radius 1 is 1.00 bits per heavy atom. The van der Waals surface area contributed by atoms with Crippen LogP contribution in [0.5, 0.6) is 5.75 Å². The third-order valence-electron chi connectivity index (χ3n) is 7.05. The van der Waals surface area contributed by atoms with E-state index in [1.54, 1.807) is 17.1 Å². The molecule has 9 heteroatoms. The number of halogens is 1. The molecule has 1 saturated carbocycles. The van der Waals surface area contributed by atoms with E-state index >= 15 is 0 Å². The van der Waals surface area contributed by atoms with Crippen molar-refractivity contribution in [3.63, 3.8) is 0 Å². The lowest BCUT2D eigenvalue weighted by atomic mass is 10.1. The van der Waals surface area contributed by atoms with E-state index in [2.05, 4.69) is 43.4 Å². The van der Waals surface area contributed by atoms with Gasteiger partial charge >= 0.3 is 0 Å². The van der Waals surface area contributed by atoms with Crippen LogP contribution in [0.3, 0.4) is 0 Å². The van der Waals surface area contributed by atoms with Crippen LogP contribution in [0.25, 0.3) is 5.69 Å². The number of aromatic nitrogens is 3. The first-order valence-electron chi connectivity index (χ1n) is 12.9. The van der Waals surface area contributed by atoms with Crippen molar-refractivity contribution in [2.24, 2.45) is 0 Å². The van der Waals surface area contributed by atoms with Gasteiger partial charge in [-0.3, -0.25) is 4.90 Å². The average molecular weight is 493 g/mol. The third kappa shape index (κ3) is 5.17. The molecule has 3 aliphatic rings. The van der Waals surface area contributed by atoms with E-state index in [1.165, 1.54) is 36.2 Å². The number of rotatable bonds is 8. The maximum absolute atomic E-state index is 14.2. The monoisotopic (exact) mass is 492 g/mol. The Morgan fingerprint density at radius 3 is 2.50 bits per heavy atom. The van der Waals surface area contributed by atoms with Crippen LogP contribution in [0.1, 0.15) is 38.2 Å². The van der Waals surface area contributed by atoms with Gasteiger partial charge in [0.1, 0.15) is 17.9 Å². The van der Waals surface area contributed by atoms with Crippen LogP contribution >= 0.6 is 0 Å². The summed E-state index contributed by atoms with van der Waals surface area (Å²) in [7, 11) is 0. The lowest BCUT2D eigenvalue weighted by molar-refractivity contribution is -0.0660. The molecule has 0 radical (unpaired) electrons. The second-order valence-corrected chi connectivity index (χ2v) is 10.3. The van der Waals surface area contributed by atoms with Gasteiger partial charge in [0.2, 0.25) is 5.95 Å². The fourth-order valence-corrected chi connectivity index (χ4v) is 4.92. The molecule has 1 aromatic heterocycles. The van der Waals surface area contributed by atoms with Gasteiger partial charge in [0, 0.05) is 49.7 Å². The van der Waals surface area contributed by atoms with Crippen molar-refractivity contribution in [1.29, 1.82) is 0 Å². The highest BCUT2D eigenvalue weighted by Crippen LogP contribution is 2.42. The highest BCUT2D eigenvalue weighted by Gasteiger charge is 2.30. The molecule has 0 spiro atoms. The highest BCUT2D eigenvalue weighted by molar-refractivity contribution is 5.65. The summed E-state index contributed by atoms with van der Waals surface area (Å²) in [6.07, 6.45) is 4.03. The molecule has 0 unspecified atom stereocenters. The summed E-state index contributed by atoms with van der Waals surface area (Å²) in [5, 5.41) is 7.94. The normalized spacial score (nSPS) is 18.9. The van der Waals surface area contributed by atoms with Crippen molar-refractivity contribution in [3.05, 3.63) is 54.1 Å². The second kappa shape index (κ2) is 9.71. The van der Waals surface area contributed by atoms with Gasteiger partial charge in [-0.25, -0.2) is 9.07 Å². The molecular formula is C27H33FN6O2. The third-order valence-corrected chi connectivity index (χ3v) is 7.05. The second-order valence-electron chi connectivity index (χ2n) is 10.3. The van der Waals surface area contributed by atoms with E-state index < -0.39 is 0 Å². The fourth-order valence-electron chi connectivity index (χ4n) is 4.92. The van der Waals surface area contributed by atoms with Crippen molar-refractivity contribution < 1.29 is 13.9 Å². The Hall–Kier alpha value is -3.17. The number of hydrogen-bond donors (Lipinski definition) is 1. The SMILES string of the molecule is CC(C)Oc1cc(F)cc(-n2cnc(Nc3cc(C4CC4)cc(N4CCN(C5COC5)CC4)c3)n2)c1. The molecule has 0 bridgehead atoms. The first-order chi connectivity index (χ1) is 17.5. The molecule has 8 nitrogen and oxygen atoms in total. The topological polar surface area (TPSA) is 67.7 Å². The number of benzene rings is 2. The van der Waals surface area contributed by atoms with Gasteiger partial charge in [-0.15, -0.1) is 5.10 Å². The van der Waals surface area contributed by atoms with E-state index in [0.29, 0.717) is 29.3 Å². The van der Waals surface area contributed by atoms with Crippen LogP contribution < -0.4 is 15.0 Å². The molecule has 1 aliphatic carbocycles. The maximum atomic E-state index is 14.2. The smallest absolute Gasteiger partial charge is 0.246 e. The first-order valence-corrected chi connectivity index (χ1v) is 12.9. The molecule has 0 atom stereocenters. The zero-order valence-corrected chi connectivity index (χ0v) is 20.9.